The number of allylic oxidation sites excluding steroid dienone is 2. The molecule has 2 aromatic rings. The van der Waals surface area contributed by atoms with Gasteiger partial charge >= 0.3 is 0 Å². The lowest BCUT2D eigenvalue weighted by Crippen LogP contribution is -2.17. The fourth-order valence-corrected chi connectivity index (χ4v) is 2.90. The first-order valence-corrected chi connectivity index (χ1v) is 7.02. The lowest BCUT2D eigenvalue weighted by molar-refractivity contribution is 0.736. The van der Waals surface area contributed by atoms with E-state index in [0.29, 0.717) is 0 Å². The van der Waals surface area contributed by atoms with E-state index < -0.39 is 0 Å². The van der Waals surface area contributed by atoms with Crippen molar-refractivity contribution in [1.82, 2.24) is 5.32 Å². The molecule has 0 aromatic heterocycles. The van der Waals surface area contributed by atoms with Crippen molar-refractivity contribution in [2.24, 2.45) is 0 Å². The molecule has 1 aliphatic rings. The highest BCUT2D eigenvalue weighted by Crippen LogP contribution is 2.32. The predicted molar refractivity (Wildman–Crippen MR) is 85.5 cm³/mol. The number of aryl methyl sites for hydroxylation is 1. The van der Waals surface area contributed by atoms with Crippen LogP contribution in [-0.2, 0) is 0 Å². The number of hydrogen-bond acceptors (Lipinski definition) is 1. The third kappa shape index (κ3) is 2.27. The summed E-state index contributed by atoms with van der Waals surface area (Å²) < 4.78 is 0. The molecule has 1 unspecified atom stereocenters. The van der Waals surface area contributed by atoms with Crippen molar-refractivity contribution in [3.05, 3.63) is 83.6 Å². The van der Waals surface area contributed by atoms with Crippen molar-refractivity contribution < 1.29 is 0 Å². The molecular weight excluding hydrogens is 242 g/mol. The molecule has 3 rings (SSSR count). The molecule has 1 atom stereocenters. The van der Waals surface area contributed by atoms with Crippen molar-refractivity contribution in [2.75, 3.05) is 0 Å². The quantitative estimate of drug-likeness (QED) is 0.827. The highest BCUT2D eigenvalue weighted by Gasteiger charge is 2.16. The maximum absolute atomic E-state index is 3.43. The summed E-state index contributed by atoms with van der Waals surface area (Å²) in [6, 6.07) is 15.3. The van der Waals surface area contributed by atoms with Gasteiger partial charge in [0.05, 0.1) is 6.04 Å². The molecule has 0 amide bonds. The van der Waals surface area contributed by atoms with Crippen LogP contribution >= 0.6 is 0 Å². The topological polar surface area (TPSA) is 12.0 Å². The number of benzene rings is 2. The Morgan fingerprint density at radius 3 is 2.40 bits per heavy atom. The minimum Gasteiger partial charge on any atom is -0.381 e. The van der Waals surface area contributed by atoms with E-state index >= 15 is 0 Å². The van der Waals surface area contributed by atoms with E-state index in [-0.39, 0.29) is 6.04 Å². The molecule has 0 fully saturated rings. The fraction of sp³-hybridized carbons (Fsp3) is 0.158. The van der Waals surface area contributed by atoms with E-state index in [1.54, 1.807) is 0 Å². The van der Waals surface area contributed by atoms with Gasteiger partial charge in [-0.3, -0.25) is 0 Å². The molecule has 1 heteroatoms. The summed E-state index contributed by atoms with van der Waals surface area (Å²) >= 11 is 0. The molecule has 1 nitrogen and oxygen atoms in total. The predicted octanol–water partition coefficient (Wildman–Crippen LogP) is 4.68. The first kappa shape index (κ1) is 12.7. The molecule has 1 N–H and O–H groups in total. The molecular formula is C19H19N. The van der Waals surface area contributed by atoms with E-state index in [4.69, 9.17) is 0 Å². The van der Waals surface area contributed by atoms with Crippen LogP contribution in [0.2, 0.25) is 0 Å². The Bertz CT molecular complexity index is 666. The minimum absolute atomic E-state index is 0.267. The van der Waals surface area contributed by atoms with Crippen molar-refractivity contribution in [3.63, 3.8) is 0 Å². The van der Waals surface area contributed by atoms with Crippen LogP contribution in [0.15, 0.2) is 66.9 Å². The highest BCUT2D eigenvalue weighted by atomic mass is 14.9. The van der Waals surface area contributed by atoms with Crippen LogP contribution in [0.4, 0.5) is 0 Å². The van der Waals surface area contributed by atoms with E-state index in [0.717, 1.165) is 0 Å². The normalized spacial score (nSPS) is 17.0. The molecule has 0 aliphatic carbocycles. The van der Waals surface area contributed by atoms with Crippen molar-refractivity contribution in [2.45, 2.75) is 19.9 Å². The van der Waals surface area contributed by atoms with E-state index in [1.807, 2.05) is 12.3 Å². The number of nitrogens with one attached hydrogen (secondary N) is 1. The Morgan fingerprint density at radius 2 is 1.70 bits per heavy atom. The lowest BCUT2D eigenvalue weighted by Gasteiger charge is -2.22. The largest absolute Gasteiger partial charge is 0.381 e. The van der Waals surface area contributed by atoms with Crippen LogP contribution < -0.4 is 5.32 Å². The Morgan fingerprint density at radius 1 is 0.900 bits per heavy atom. The monoisotopic (exact) mass is 261 g/mol. The highest BCUT2D eigenvalue weighted by molar-refractivity contribution is 5.69. The van der Waals surface area contributed by atoms with Gasteiger partial charge in [-0.25, -0.2) is 0 Å². The summed E-state index contributed by atoms with van der Waals surface area (Å²) in [6.07, 6.45) is 8.36. The Balaban J connectivity index is 2.11. The van der Waals surface area contributed by atoms with Crippen molar-refractivity contribution in [3.8, 4) is 11.1 Å². The number of hydrogen-bond donors (Lipinski definition) is 1. The summed E-state index contributed by atoms with van der Waals surface area (Å²) in [4.78, 5) is 0. The summed E-state index contributed by atoms with van der Waals surface area (Å²) in [5.41, 5.74) is 6.66. The van der Waals surface area contributed by atoms with Gasteiger partial charge in [0.25, 0.3) is 0 Å². The second kappa shape index (κ2) is 5.38. The third-order valence-electron chi connectivity index (χ3n) is 3.92. The molecule has 1 aliphatic heterocycles. The average Bonchev–Trinajstić information content (AvgIpc) is 2.49. The molecule has 100 valence electrons. The SMILES string of the molecule is Cc1ccc(-c2ccccc2)c(C)c1C1C=CC=CN1. The Hall–Kier alpha value is -2.28. The molecule has 20 heavy (non-hydrogen) atoms. The zero-order chi connectivity index (χ0) is 13.9. The summed E-state index contributed by atoms with van der Waals surface area (Å²) in [5, 5.41) is 3.43. The summed E-state index contributed by atoms with van der Waals surface area (Å²) in [5.74, 6) is 0. The fourth-order valence-electron chi connectivity index (χ4n) is 2.90. The molecule has 0 radical (unpaired) electrons. The van der Waals surface area contributed by atoms with Crippen molar-refractivity contribution in [1.29, 1.82) is 0 Å². The molecule has 2 aromatic carbocycles. The van der Waals surface area contributed by atoms with Gasteiger partial charge in [0.2, 0.25) is 0 Å². The lowest BCUT2D eigenvalue weighted by atomic mass is 9.89. The van der Waals surface area contributed by atoms with Crippen molar-refractivity contribution >= 4 is 0 Å². The van der Waals surface area contributed by atoms with Crippen LogP contribution in [0, 0.1) is 13.8 Å². The third-order valence-corrected chi connectivity index (χ3v) is 3.92. The van der Waals surface area contributed by atoms with Crippen LogP contribution in [-0.4, -0.2) is 0 Å². The van der Waals surface area contributed by atoms with E-state index in [1.165, 1.54) is 27.8 Å². The molecule has 1 heterocycles. The van der Waals surface area contributed by atoms with Crippen LogP contribution in [0.5, 0.6) is 0 Å². The maximum atomic E-state index is 3.43. The standard InChI is InChI=1S/C19H19N/c1-14-11-12-17(16-8-4-3-5-9-16)15(2)19(14)18-10-6-7-13-20-18/h3-13,18,20H,1-2H3. The maximum Gasteiger partial charge on any atom is 0.0701 e. The first-order chi connectivity index (χ1) is 9.77. The van der Waals surface area contributed by atoms with Gasteiger partial charge in [-0.2, -0.15) is 0 Å². The van der Waals surface area contributed by atoms with E-state index in [2.05, 4.69) is 73.8 Å². The second-order valence-electron chi connectivity index (χ2n) is 5.22. The second-order valence-corrected chi connectivity index (χ2v) is 5.22. The van der Waals surface area contributed by atoms with Crippen LogP contribution in [0.25, 0.3) is 11.1 Å². The van der Waals surface area contributed by atoms with Crippen LogP contribution in [0.3, 0.4) is 0 Å². The van der Waals surface area contributed by atoms with Gasteiger partial charge in [-0.1, -0.05) is 54.6 Å². The summed E-state index contributed by atoms with van der Waals surface area (Å²) in [7, 11) is 0. The van der Waals surface area contributed by atoms with E-state index in [9.17, 15) is 0 Å². The molecule has 0 saturated carbocycles. The molecule has 0 bridgehead atoms. The first-order valence-electron chi connectivity index (χ1n) is 7.02. The smallest absolute Gasteiger partial charge is 0.0701 e. The number of rotatable bonds is 2. The van der Waals surface area contributed by atoms with Gasteiger partial charge in [0.15, 0.2) is 0 Å². The van der Waals surface area contributed by atoms with Gasteiger partial charge in [-0.05, 0) is 53.9 Å². The molecule has 0 saturated heterocycles. The number of dihydropyridines is 1. The van der Waals surface area contributed by atoms with Crippen LogP contribution in [0.1, 0.15) is 22.7 Å². The zero-order valence-electron chi connectivity index (χ0n) is 11.9. The zero-order valence-corrected chi connectivity index (χ0v) is 11.9. The molecule has 0 spiro atoms. The van der Waals surface area contributed by atoms with Gasteiger partial charge in [0, 0.05) is 0 Å². The van der Waals surface area contributed by atoms with Gasteiger partial charge in [0.1, 0.15) is 0 Å². The average molecular weight is 261 g/mol. The Kier molecular flexibility index (Phi) is 3.42. The summed E-state index contributed by atoms with van der Waals surface area (Å²) in [6.45, 7) is 4.41. The Labute approximate surface area is 120 Å². The van der Waals surface area contributed by atoms with Gasteiger partial charge in [-0.15, -0.1) is 0 Å². The minimum atomic E-state index is 0.267. The van der Waals surface area contributed by atoms with Gasteiger partial charge < -0.3 is 5.32 Å².